The van der Waals surface area contributed by atoms with Crippen LogP contribution in [0.3, 0.4) is 0 Å². The summed E-state index contributed by atoms with van der Waals surface area (Å²) in [6.45, 7) is 5.14. The zero-order valence-corrected chi connectivity index (χ0v) is 44.1. The molecule has 5 aromatic rings. The number of Topliss-reactive ketones (excluding diaryl/α,β-unsaturated/α-hetero) is 3. The van der Waals surface area contributed by atoms with E-state index in [0.717, 1.165) is 46.5 Å². The molecule has 1 saturated carbocycles. The standard InChI is InChI=1S/C61H61N5O12/c1-34-21-46-47(62-31-44-27-41-12-6-8-14-49(41)66(44)61(46)74)30-53(34)76-32-37-23-38(33-77-55-28-39-17-18-43-26-40-11-5-7-13-48(40)65(43)60(73)45(39)29-54(55)75-4)25-42(24-37)64-59(72)35(2)22-52(69)36(3)63-56(70)15-9-10-16-57(71)78-58-50(67)19-20-51(58)68/h5-8,11-14,21,23-25,28-31,35-36,43-44,58H,9-10,15-20,22,26-27,32-33H2,1-4H3,(H,63,70)(H,64,72)/t35-,36+,43-,44+/m1/s1. The molecule has 0 bridgehead atoms. The van der Waals surface area contributed by atoms with Gasteiger partial charge in [-0.1, -0.05) is 43.3 Å². The third kappa shape index (κ3) is 11.2. The lowest BCUT2D eigenvalue weighted by Gasteiger charge is -2.23. The van der Waals surface area contributed by atoms with Gasteiger partial charge in [0.25, 0.3) is 11.8 Å². The predicted molar refractivity (Wildman–Crippen MR) is 290 cm³/mol. The number of hydrogen-bond acceptors (Lipinski definition) is 13. The number of hydrogen-bond donors (Lipinski definition) is 2. The molecular formula is C61H61N5O12. The molecule has 4 atom stereocenters. The number of para-hydroxylation sites is 2. The minimum absolute atomic E-state index is 0.0239. The Labute approximate surface area is 451 Å². The van der Waals surface area contributed by atoms with Gasteiger partial charge in [-0.3, -0.25) is 48.2 Å². The summed E-state index contributed by atoms with van der Waals surface area (Å²) in [5.74, 6) is -2.35. The number of unbranched alkanes of at least 4 members (excludes halogenated alkanes) is 1. The minimum atomic E-state index is -1.33. The number of ketones is 3. The van der Waals surface area contributed by atoms with E-state index in [1.165, 1.54) is 7.11 Å². The summed E-state index contributed by atoms with van der Waals surface area (Å²) in [5, 5.41) is 5.65. The van der Waals surface area contributed by atoms with E-state index in [-0.39, 0.29) is 81.4 Å². The molecule has 78 heavy (non-hydrogen) atoms. The second kappa shape index (κ2) is 22.6. The molecule has 5 aromatic carbocycles. The van der Waals surface area contributed by atoms with E-state index in [2.05, 4.69) is 16.7 Å². The minimum Gasteiger partial charge on any atom is -0.493 e. The first kappa shape index (κ1) is 52.9. The van der Waals surface area contributed by atoms with Crippen LogP contribution in [0.15, 0.2) is 96.0 Å². The zero-order valence-electron chi connectivity index (χ0n) is 44.1. The lowest BCUT2D eigenvalue weighted by Crippen LogP contribution is -2.39. The van der Waals surface area contributed by atoms with Crippen LogP contribution in [0, 0.1) is 12.8 Å². The summed E-state index contributed by atoms with van der Waals surface area (Å²) >= 11 is 0. The first-order valence-electron chi connectivity index (χ1n) is 26.6. The Kier molecular flexibility index (Phi) is 15.4. The van der Waals surface area contributed by atoms with Gasteiger partial charge in [0.15, 0.2) is 28.8 Å². The number of ether oxygens (including phenoxy) is 4. The number of nitrogens with zero attached hydrogens (tertiary/aromatic N) is 3. The SMILES string of the molecule is COc1cc2c(cc1OCc1cc(COc3cc4c(cc3C)C(=O)N3c5ccccc5C[C@H]3C=N4)cc(NC(=O)[C@H](C)CC(=O)[C@H](C)NC(=O)CCCCC(=O)OC3C(=O)CCC3=O)c1)CC[C@@H]1Cc3ccccc3N1C2=O. The average molecular weight is 1060 g/mol. The van der Waals surface area contributed by atoms with Crippen molar-refractivity contribution in [2.24, 2.45) is 10.9 Å². The largest absolute Gasteiger partial charge is 0.493 e. The summed E-state index contributed by atoms with van der Waals surface area (Å²) in [6, 6.07) is 27.5. The van der Waals surface area contributed by atoms with Gasteiger partial charge in [0, 0.05) is 85.4 Å². The molecule has 1 fully saturated rings. The summed E-state index contributed by atoms with van der Waals surface area (Å²) in [4.78, 5) is 112. The number of carbonyl (C=O) groups is 8. The van der Waals surface area contributed by atoms with Gasteiger partial charge in [0.2, 0.25) is 17.9 Å². The molecule has 5 aliphatic rings. The molecule has 4 heterocycles. The van der Waals surface area contributed by atoms with E-state index < -0.39 is 47.4 Å². The second-order valence-corrected chi connectivity index (χ2v) is 20.8. The molecule has 0 radical (unpaired) electrons. The smallest absolute Gasteiger partial charge is 0.306 e. The monoisotopic (exact) mass is 1060 g/mol. The van der Waals surface area contributed by atoms with Gasteiger partial charge in [0.1, 0.15) is 19.0 Å². The number of rotatable bonds is 19. The van der Waals surface area contributed by atoms with Crippen LogP contribution < -0.4 is 34.6 Å². The molecule has 0 unspecified atom stereocenters. The topological polar surface area (TPSA) is 216 Å². The molecule has 4 aliphatic heterocycles. The highest BCUT2D eigenvalue weighted by Gasteiger charge is 2.39. The fraction of sp³-hybridized carbons (Fsp3) is 0.361. The van der Waals surface area contributed by atoms with Crippen molar-refractivity contribution in [2.45, 2.75) is 129 Å². The van der Waals surface area contributed by atoms with E-state index in [9.17, 15) is 38.4 Å². The fourth-order valence-corrected chi connectivity index (χ4v) is 11.0. The molecular weight excluding hydrogens is 995 g/mol. The third-order valence-corrected chi connectivity index (χ3v) is 15.2. The van der Waals surface area contributed by atoms with Crippen LogP contribution in [0.25, 0.3) is 0 Å². The fourth-order valence-electron chi connectivity index (χ4n) is 11.0. The number of fused-ring (bicyclic) bond motifs is 8. The van der Waals surface area contributed by atoms with Crippen molar-refractivity contribution in [2.75, 3.05) is 22.2 Å². The molecule has 2 N–H and O–H groups in total. The van der Waals surface area contributed by atoms with Crippen LogP contribution in [-0.4, -0.2) is 84.5 Å². The van der Waals surface area contributed by atoms with Crippen LogP contribution in [0.1, 0.15) is 119 Å². The summed E-state index contributed by atoms with van der Waals surface area (Å²) in [5.41, 5.74) is 8.94. The van der Waals surface area contributed by atoms with E-state index in [0.29, 0.717) is 70.1 Å². The number of aliphatic imine (C=N–C) groups is 1. The average Bonchev–Trinajstić information content (AvgIpc) is 4.10. The van der Waals surface area contributed by atoms with Crippen LogP contribution in [-0.2, 0) is 66.0 Å². The number of methoxy groups -OCH3 is 1. The Hall–Kier alpha value is -8.47. The van der Waals surface area contributed by atoms with Crippen molar-refractivity contribution in [3.8, 4) is 17.2 Å². The Bertz CT molecular complexity index is 3300. The number of amides is 4. The first-order valence-corrected chi connectivity index (χ1v) is 26.6. The lowest BCUT2D eigenvalue weighted by atomic mass is 9.99. The summed E-state index contributed by atoms with van der Waals surface area (Å²) in [7, 11) is 1.53. The van der Waals surface area contributed by atoms with Crippen molar-refractivity contribution < 1.29 is 57.3 Å². The highest BCUT2D eigenvalue weighted by molar-refractivity contribution is 6.15. The molecule has 402 valence electrons. The number of benzene rings is 5. The second-order valence-electron chi connectivity index (χ2n) is 20.8. The number of aryl methyl sites for hydroxylation is 2. The maximum absolute atomic E-state index is 14.2. The maximum atomic E-state index is 14.2. The highest BCUT2D eigenvalue weighted by Crippen LogP contribution is 2.42. The summed E-state index contributed by atoms with van der Waals surface area (Å²) < 4.78 is 23.8. The van der Waals surface area contributed by atoms with Gasteiger partial charge in [-0.15, -0.1) is 0 Å². The first-order chi connectivity index (χ1) is 37.6. The van der Waals surface area contributed by atoms with Crippen molar-refractivity contribution in [3.05, 3.63) is 136 Å². The van der Waals surface area contributed by atoms with Crippen molar-refractivity contribution in [1.82, 2.24) is 5.32 Å². The van der Waals surface area contributed by atoms with Crippen LogP contribution >= 0.6 is 0 Å². The Morgan fingerprint density at radius 2 is 1.36 bits per heavy atom. The molecule has 17 heteroatoms. The third-order valence-electron chi connectivity index (χ3n) is 15.2. The molecule has 17 nitrogen and oxygen atoms in total. The number of nitrogens with one attached hydrogen (secondary N) is 2. The molecule has 0 saturated heterocycles. The molecule has 0 spiro atoms. The Balaban J connectivity index is 0.816. The molecule has 0 aromatic heterocycles. The van der Waals surface area contributed by atoms with Crippen molar-refractivity contribution >= 4 is 75.9 Å². The van der Waals surface area contributed by atoms with E-state index in [1.54, 1.807) is 49.1 Å². The predicted octanol–water partition coefficient (Wildman–Crippen LogP) is 8.41. The van der Waals surface area contributed by atoms with E-state index >= 15 is 0 Å². The van der Waals surface area contributed by atoms with Gasteiger partial charge in [0.05, 0.1) is 30.4 Å². The summed E-state index contributed by atoms with van der Waals surface area (Å²) in [6.07, 6.45) is 3.87. The number of esters is 1. The van der Waals surface area contributed by atoms with Crippen LogP contribution in [0.4, 0.5) is 22.7 Å². The van der Waals surface area contributed by atoms with Crippen molar-refractivity contribution in [3.63, 3.8) is 0 Å². The van der Waals surface area contributed by atoms with Crippen LogP contribution in [0.5, 0.6) is 17.2 Å². The van der Waals surface area contributed by atoms with Gasteiger partial charge in [-0.2, -0.15) is 0 Å². The maximum Gasteiger partial charge on any atom is 0.306 e. The number of carbonyl (C=O) groups excluding carboxylic acids is 8. The van der Waals surface area contributed by atoms with Crippen LogP contribution in [0.2, 0.25) is 0 Å². The van der Waals surface area contributed by atoms with Gasteiger partial charge >= 0.3 is 5.97 Å². The Morgan fingerprint density at radius 3 is 2.08 bits per heavy atom. The van der Waals surface area contributed by atoms with E-state index in [1.807, 2.05) is 72.6 Å². The van der Waals surface area contributed by atoms with Crippen molar-refractivity contribution in [1.29, 1.82) is 0 Å². The quantitative estimate of drug-likeness (QED) is 0.0453. The van der Waals surface area contributed by atoms with Gasteiger partial charge in [-0.05, 0) is 128 Å². The normalized spacial score (nSPS) is 17.8. The zero-order chi connectivity index (χ0) is 54.8. The Morgan fingerprint density at radius 1 is 0.705 bits per heavy atom. The molecule has 4 amide bonds. The molecule has 1 aliphatic carbocycles. The highest BCUT2D eigenvalue weighted by atomic mass is 16.6. The van der Waals surface area contributed by atoms with Gasteiger partial charge < -0.3 is 34.5 Å². The van der Waals surface area contributed by atoms with Gasteiger partial charge in [-0.25, -0.2) is 0 Å². The van der Waals surface area contributed by atoms with E-state index in [4.69, 9.17) is 23.9 Å². The number of anilines is 3. The molecule has 10 rings (SSSR count). The lowest BCUT2D eigenvalue weighted by molar-refractivity contribution is -0.157.